The number of carboxylic acid groups (broad SMARTS) is 1. The van der Waals surface area contributed by atoms with Crippen molar-refractivity contribution in [3.63, 3.8) is 0 Å². The van der Waals surface area contributed by atoms with E-state index < -0.39 is 30.8 Å². The summed E-state index contributed by atoms with van der Waals surface area (Å²) in [7, 11) is 0. The van der Waals surface area contributed by atoms with E-state index in [1.54, 1.807) is 13.8 Å². The van der Waals surface area contributed by atoms with Crippen LogP contribution in [0.15, 0.2) is 0 Å². The van der Waals surface area contributed by atoms with Crippen LogP contribution >= 0.6 is 0 Å². The second kappa shape index (κ2) is 8.62. The number of nitrogens with one attached hydrogen (secondary N) is 1. The van der Waals surface area contributed by atoms with E-state index in [9.17, 15) is 22.8 Å². The lowest BCUT2D eigenvalue weighted by molar-refractivity contribution is -0.173. The number of nitrogens with zero attached hydrogens (tertiary/aromatic N) is 1. The monoisotopic (exact) mass is 300 g/mol. The molecule has 0 aromatic heterocycles. The van der Waals surface area contributed by atoms with Gasteiger partial charge in [0.2, 0.25) is 0 Å². The molecule has 2 amide bonds. The van der Waals surface area contributed by atoms with Gasteiger partial charge in [-0.05, 0) is 13.8 Å². The highest BCUT2D eigenvalue weighted by atomic mass is 19.4. The first-order chi connectivity index (χ1) is 9.17. The number of alkyl halides is 3. The number of amides is 2. The third kappa shape index (κ3) is 8.57. The molecule has 0 rings (SSSR count). The Balaban J connectivity index is 4.01. The quantitative estimate of drug-likeness (QED) is 0.665. The zero-order chi connectivity index (χ0) is 15.8. The number of aliphatic carboxylic acids is 1. The summed E-state index contributed by atoms with van der Waals surface area (Å²) < 4.78 is 39.7. The van der Waals surface area contributed by atoms with Gasteiger partial charge in [-0.2, -0.15) is 13.2 Å². The van der Waals surface area contributed by atoms with Gasteiger partial charge in [-0.1, -0.05) is 0 Å². The maximum Gasteiger partial charge on any atom is 0.411 e. The van der Waals surface area contributed by atoms with Crippen molar-refractivity contribution in [2.45, 2.75) is 32.5 Å². The lowest BCUT2D eigenvalue weighted by atomic mass is 10.2. The van der Waals surface area contributed by atoms with Gasteiger partial charge in [0.05, 0.1) is 13.0 Å². The number of hydrogen-bond acceptors (Lipinski definition) is 3. The molecule has 118 valence electrons. The summed E-state index contributed by atoms with van der Waals surface area (Å²) >= 11 is 0. The smallest absolute Gasteiger partial charge is 0.411 e. The molecule has 0 saturated heterocycles. The average Bonchev–Trinajstić information content (AvgIpc) is 2.26. The number of urea groups is 1. The summed E-state index contributed by atoms with van der Waals surface area (Å²) in [5.41, 5.74) is 0. The molecule has 0 saturated carbocycles. The summed E-state index contributed by atoms with van der Waals surface area (Å²) in [5.74, 6) is -1.03. The third-order valence-corrected chi connectivity index (χ3v) is 2.39. The molecule has 9 heteroatoms. The maximum atomic E-state index is 11.8. The van der Waals surface area contributed by atoms with E-state index in [2.05, 4.69) is 10.1 Å². The molecule has 20 heavy (non-hydrogen) atoms. The van der Waals surface area contributed by atoms with Gasteiger partial charge in [0.1, 0.15) is 6.61 Å². The van der Waals surface area contributed by atoms with Crippen LogP contribution in [0.1, 0.15) is 20.3 Å². The maximum absolute atomic E-state index is 11.8. The Hall–Kier alpha value is -1.51. The molecule has 0 heterocycles. The highest BCUT2D eigenvalue weighted by Crippen LogP contribution is 2.13. The van der Waals surface area contributed by atoms with Crippen molar-refractivity contribution in [2.24, 2.45) is 0 Å². The molecule has 0 fully saturated rings. The number of carbonyl (C=O) groups excluding carboxylic acids is 1. The van der Waals surface area contributed by atoms with Gasteiger partial charge in [-0.15, -0.1) is 0 Å². The van der Waals surface area contributed by atoms with Crippen molar-refractivity contribution in [1.29, 1.82) is 0 Å². The van der Waals surface area contributed by atoms with Crippen LogP contribution < -0.4 is 5.32 Å². The van der Waals surface area contributed by atoms with Gasteiger partial charge < -0.3 is 20.1 Å². The average molecular weight is 300 g/mol. The van der Waals surface area contributed by atoms with Gasteiger partial charge in [0.25, 0.3) is 0 Å². The molecule has 0 radical (unpaired) electrons. The predicted molar refractivity (Wildman–Crippen MR) is 64.4 cm³/mol. The molecule has 2 N–H and O–H groups in total. The van der Waals surface area contributed by atoms with Crippen LogP contribution in [0.4, 0.5) is 18.0 Å². The van der Waals surface area contributed by atoms with Gasteiger partial charge in [0, 0.05) is 19.1 Å². The van der Waals surface area contributed by atoms with Crippen LogP contribution in [0.5, 0.6) is 0 Å². The van der Waals surface area contributed by atoms with E-state index in [-0.39, 0.29) is 19.6 Å². The highest BCUT2D eigenvalue weighted by molar-refractivity contribution is 5.75. The third-order valence-electron chi connectivity index (χ3n) is 2.39. The Morgan fingerprint density at radius 2 is 2.00 bits per heavy atom. The predicted octanol–water partition coefficient (Wildman–Crippen LogP) is 1.46. The number of carbonyl (C=O) groups is 2. The molecule has 6 nitrogen and oxygen atoms in total. The zero-order valence-electron chi connectivity index (χ0n) is 11.4. The minimum atomic E-state index is -4.39. The van der Waals surface area contributed by atoms with Crippen LogP contribution in [0.3, 0.4) is 0 Å². The van der Waals surface area contributed by atoms with Crippen LogP contribution in [-0.4, -0.2) is 60.5 Å². The summed E-state index contributed by atoms with van der Waals surface area (Å²) in [6.45, 7) is 1.84. The van der Waals surface area contributed by atoms with Gasteiger partial charge >= 0.3 is 18.2 Å². The zero-order valence-corrected chi connectivity index (χ0v) is 11.4. The molecule has 0 aliphatic rings. The second-order valence-corrected chi connectivity index (χ2v) is 4.13. The molecule has 0 aromatic carbocycles. The molecule has 0 spiro atoms. The Kier molecular flexibility index (Phi) is 7.97. The van der Waals surface area contributed by atoms with Crippen LogP contribution in [0.25, 0.3) is 0 Å². The van der Waals surface area contributed by atoms with Crippen molar-refractivity contribution < 1.29 is 32.6 Å². The Labute approximate surface area is 114 Å². The van der Waals surface area contributed by atoms with Crippen molar-refractivity contribution in [1.82, 2.24) is 10.2 Å². The fourth-order valence-electron chi connectivity index (χ4n) is 1.54. The van der Waals surface area contributed by atoms with E-state index in [1.165, 1.54) is 4.90 Å². The Morgan fingerprint density at radius 3 is 2.45 bits per heavy atom. The molecular weight excluding hydrogens is 281 g/mol. The van der Waals surface area contributed by atoms with Crippen molar-refractivity contribution in [2.75, 3.05) is 26.3 Å². The normalized spacial score (nSPS) is 12.8. The number of halogens is 3. The lowest BCUT2D eigenvalue weighted by Crippen LogP contribution is -2.46. The molecule has 1 unspecified atom stereocenters. The summed E-state index contributed by atoms with van der Waals surface area (Å²) in [4.78, 5) is 23.6. The lowest BCUT2D eigenvalue weighted by Gasteiger charge is -2.27. The SMILES string of the molecule is CCN(C(=O)NCCOCC(F)(F)F)C(C)CC(=O)O. The number of carboxylic acids is 1. The van der Waals surface area contributed by atoms with E-state index in [0.717, 1.165) is 0 Å². The number of hydrogen-bond donors (Lipinski definition) is 2. The van der Waals surface area contributed by atoms with E-state index in [1.807, 2.05) is 0 Å². The number of ether oxygens (including phenoxy) is 1. The van der Waals surface area contributed by atoms with Crippen molar-refractivity contribution >= 4 is 12.0 Å². The minimum absolute atomic E-state index is 0.0782. The van der Waals surface area contributed by atoms with Crippen LogP contribution in [-0.2, 0) is 9.53 Å². The summed E-state index contributed by atoms with van der Waals surface area (Å²) in [5, 5.41) is 11.0. The van der Waals surface area contributed by atoms with Gasteiger partial charge in [0.15, 0.2) is 0 Å². The topological polar surface area (TPSA) is 78.9 Å². The molecule has 1 atom stereocenters. The largest absolute Gasteiger partial charge is 0.481 e. The minimum Gasteiger partial charge on any atom is -0.481 e. The second-order valence-electron chi connectivity index (χ2n) is 4.13. The van der Waals surface area contributed by atoms with E-state index in [4.69, 9.17) is 5.11 Å². The first kappa shape index (κ1) is 18.5. The summed E-state index contributed by atoms with van der Waals surface area (Å²) in [6.07, 6.45) is -4.60. The fourth-order valence-corrected chi connectivity index (χ4v) is 1.54. The molecule has 0 aliphatic carbocycles. The number of rotatable bonds is 8. The van der Waals surface area contributed by atoms with Crippen LogP contribution in [0, 0.1) is 0 Å². The standard InChI is InChI=1S/C11H19F3N2O4/c1-3-16(8(2)6-9(17)18)10(19)15-4-5-20-7-11(12,13)14/h8H,3-7H2,1-2H3,(H,15,19)(H,17,18). The molecule has 0 bridgehead atoms. The van der Waals surface area contributed by atoms with Crippen molar-refractivity contribution in [3.8, 4) is 0 Å². The summed E-state index contributed by atoms with van der Waals surface area (Å²) in [6, 6.07) is -1.04. The van der Waals surface area contributed by atoms with Gasteiger partial charge in [-0.3, -0.25) is 4.79 Å². The first-order valence-electron chi connectivity index (χ1n) is 6.08. The molecule has 0 aromatic rings. The van der Waals surface area contributed by atoms with E-state index in [0.29, 0.717) is 6.54 Å². The van der Waals surface area contributed by atoms with Gasteiger partial charge in [-0.25, -0.2) is 4.79 Å². The molecule has 0 aliphatic heterocycles. The fraction of sp³-hybridized carbons (Fsp3) is 0.818. The van der Waals surface area contributed by atoms with Crippen LogP contribution in [0.2, 0.25) is 0 Å². The van der Waals surface area contributed by atoms with E-state index >= 15 is 0 Å². The molecular formula is C11H19F3N2O4. The van der Waals surface area contributed by atoms with Crippen molar-refractivity contribution in [3.05, 3.63) is 0 Å². The Bertz CT molecular complexity index is 323. The highest BCUT2D eigenvalue weighted by Gasteiger charge is 2.27. The first-order valence-corrected chi connectivity index (χ1v) is 6.08. The Morgan fingerprint density at radius 1 is 1.40 bits per heavy atom.